The minimum atomic E-state index is -5.08. The molecule has 4 bridgehead atoms. The number of H-pyrrole nitrogens is 1. The molecule has 2 aliphatic rings. The molecule has 3 heterocycles. The summed E-state index contributed by atoms with van der Waals surface area (Å²) in [6.07, 6.45) is -3.99. The Hall–Kier alpha value is -6.11. The molecule has 0 radical (unpaired) electrons. The minimum absolute atomic E-state index is 0.0595. The molecule has 0 aliphatic carbocycles. The Kier molecular flexibility index (Phi) is 10.8. The molecule has 0 saturated heterocycles. The second-order valence-electron chi connectivity index (χ2n) is 12.2. The van der Waals surface area contributed by atoms with Crippen molar-refractivity contribution >= 4 is 40.1 Å². The van der Waals surface area contributed by atoms with Crippen LogP contribution in [0.25, 0.3) is 21.9 Å². The van der Waals surface area contributed by atoms with Crippen LogP contribution in [0.5, 0.6) is 0 Å². The van der Waals surface area contributed by atoms with Gasteiger partial charge in [0.25, 0.3) is 5.56 Å². The van der Waals surface area contributed by atoms with Crippen molar-refractivity contribution in [3.63, 3.8) is 0 Å². The molecule has 2 aliphatic heterocycles. The number of aliphatic carboxylic acids is 1. The summed E-state index contributed by atoms with van der Waals surface area (Å²) in [6.45, 7) is 4.50. The Morgan fingerprint density at radius 3 is 2.37 bits per heavy atom. The Morgan fingerprint density at radius 2 is 1.69 bits per heavy atom. The van der Waals surface area contributed by atoms with Gasteiger partial charge >= 0.3 is 18.2 Å². The molecule has 51 heavy (non-hydrogen) atoms. The fourth-order valence-electron chi connectivity index (χ4n) is 5.86. The SMILES string of the molecule is Cc1cc2ccc1[C@@H](C)COC(=O)Nc1ccc(-c3ccccc3)c(c1)CN(C)C(=O)[C@@H]2Nc1ccc2cc[nH]c(=O)c2c1.O=C(O)C(F)(F)F. The maximum absolute atomic E-state index is 14.3. The number of carbonyl (C=O) groups is 3. The summed E-state index contributed by atoms with van der Waals surface area (Å²) in [6, 6.07) is 28.2. The number of nitrogens with zero attached hydrogens (tertiary/aromatic N) is 1. The van der Waals surface area contributed by atoms with E-state index in [0.717, 1.165) is 38.8 Å². The number of pyridine rings is 1. The number of rotatable bonds is 3. The van der Waals surface area contributed by atoms with Gasteiger partial charge in [0.15, 0.2) is 0 Å². The van der Waals surface area contributed by atoms with Gasteiger partial charge in [0.1, 0.15) is 6.04 Å². The summed E-state index contributed by atoms with van der Waals surface area (Å²) in [5.41, 5.74) is 6.69. The number of hydrogen-bond acceptors (Lipinski definition) is 6. The van der Waals surface area contributed by atoms with Crippen LogP contribution in [0.3, 0.4) is 0 Å². The van der Waals surface area contributed by atoms with Crippen molar-refractivity contribution < 1.29 is 37.4 Å². The summed E-state index contributed by atoms with van der Waals surface area (Å²) in [7, 11) is 1.78. The lowest BCUT2D eigenvalue weighted by Gasteiger charge is -2.28. The van der Waals surface area contributed by atoms with Crippen molar-refractivity contribution in [2.45, 2.75) is 38.5 Å². The monoisotopic (exact) mass is 700 g/mol. The molecule has 2 amide bonds. The number of ether oxygens (including phenoxy) is 1. The molecule has 264 valence electrons. The topological polar surface area (TPSA) is 141 Å². The van der Waals surface area contributed by atoms with Gasteiger partial charge in [-0.15, -0.1) is 0 Å². The third-order valence-corrected chi connectivity index (χ3v) is 8.42. The molecular formula is C38H35F3N4O6. The molecule has 0 fully saturated rings. The van der Waals surface area contributed by atoms with Gasteiger partial charge in [-0.3, -0.25) is 14.9 Å². The Labute approximate surface area is 290 Å². The second-order valence-corrected chi connectivity index (χ2v) is 12.2. The standard InChI is InChI=1S/C36H34N4O4.C2HF3O2/c1-22-17-26-10-13-30(22)23(2)21-44-36(43)39-28-12-14-31(24-7-5-4-6-8-24)27(18-28)20-40(3)35(42)33(26)38-29-11-9-25-15-16-37-34(41)32(25)19-29;3-2(4,5)1(6)7/h4-19,23,33,38H,20-21H2,1-3H3,(H,37,41)(H,39,43);(H,6,7)/t23-,33+;/m0./s1. The number of fused-ring (bicyclic) bond motifs is 10. The number of nitrogens with one attached hydrogen (secondary N) is 3. The van der Waals surface area contributed by atoms with Crippen LogP contribution in [0.2, 0.25) is 0 Å². The quantitative estimate of drug-likeness (QED) is 0.152. The molecule has 13 heteroatoms. The van der Waals surface area contributed by atoms with Crippen LogP contribution in [0.15, 0.2) is 102 Å². The van der Waals surface area contributed by atoms with Gasteiger partial charge in [0.05, 0.1) is 6.61 Å². The molecule has 1 aromatic heterocycles. The van der Waals surface area contributed by atoms with Crippen LogP contribution >= 0.6 is 0 Å². The molecule has 0 saturated carbocycles. The van der Waals surface area contributed by atoms with Crippen molar-refractivity contribution in [2.24, 2.45) is 0 Å². The van der Waals surface area contributed by atoms with Crippen LogP contribution in [0, 0.1) is 6.92 Å². The average Bonchev–Trinajstić information content (AvgIpc) is 3.09. The number of benzene rings is 4. The van der Waals surface area contributed by atoms with Crippen molar-refractivity contribution in [3.05, 3.63) is 130 Å². The first kappa shape index (κ1) is 36.2. The number of carboxylic acid groups (broad SMARTS) is 1. The number of aromatic nitrogens is 1. The molecular weight excluding hydrogens is 665 g/mol. The van der Waals surface area contributed by atoms with Crippen LogP contribution in [0.4, 0.5) is 29.3 Å². The maximum atomic E-state index is 14.3. The number of hydrogen-bond donors (Lipinski definition) is 4. The molecule has 5 aromatic rings. The fraction of sp³-hybridized carbons (Fsp3) is 0.211. The molecule has 0 unspecified atom stereocenters. The van der Waals surface area contributed by atoms with Gasteiger partial charge in [-0.05, 0) is 76.0 Å². The van der Waals surface area contributed by atoms with E-state index >= 15 is 0 Å². The Bertz CT molecular complexity index is 2130. The van der Waals surface area contributed by atoms with Crippen LogP contribution < -0.4 is 16.2 Å². The normalized spacial score (nSPS) is 16.5. The first-order chi connectivity index (χ1) is 24.2. The third-order valence-electron chi connectivity index (χ3n) is 8.42. The zero-order chi connectivity index (χ0) is 36.9. The van der Waals surface area contributed by atoms with E-state index in [1.807, 2.05) is 98.8 Å². The van der Waals surface area contributed by atoms with Crippen LogP contribution in [-0.4, -0.2) is 52.8 Å². The smallest absolute Gasteiger partial charge is 0.475 e. The van der Waals surface area contributed by atoms with Gasteiger partial charge in [-0.25, -0.2) is 9.59 Å². The van der Waals surface area contributed by atoms with E-state index in [1.165, 1.54) is 0 Å². The van der Waals surface area contributed by atoms with E-state index in [2.05, 4.69) is 15.6 Å². The summed E-state index contributed by atoms with van der Waals surface area (Å²) in [4.78, 5) is 52.9. The third kappa shape index (κ3) is 8.74. The predicted molar refractivity (Wildman–Crippen MR) is 188 cm³/mol. The predicted octanol–water partition coefficient (Wildman–Crippen LogP) is 7.61. The lowest BCUT2D eigenvalue weighted by atomic mass is 9.92. The van der Waals surface area contributed by atoms with E-state index < -0.39 is 24.3 Å². The molecule has 4 N–H and O–H groups in total. The second kappa shape index (κ2) is 15.2. The van der Waals surface area contributed by atoms with Crippen molar-refractivity contribution in [2.75, 3.05) is 24.3 Å². The molecule has 2 atom stereocenters. The summed E-state index contributed by atoms with van der Waals surface area (Å²) < 4.78 is 37.3. The highest BCUT2D eigenvalue weighted by molar-refractivity contribution is 5.89. The van der Waals surface area contributed by atoms with E-state index in [1.54, 1.807) is 24.2 Å². The number of likely N-dealkylation sites (N-methyl/N-ethyl adjacent to an activating group) is 1. The molecule has 7 rings (SSSR count). The number of carboxylic acids is 1. The number of carbonyl (C=O) groups excluding carboxylic acids is 2. The van der Waals surface area contributed by atoms with E-state index in [4.69, 9.17) is 14.6 Å². The van der Waals surface area contributed by atoms with Crippen LogP contribution in [0.1, 0.15) is 41.1 Å². The fourth-order valence-corrected chi connectivity index (χ4v) is 5.86. The van der Waals surface area contributed by atoms with Crippen molar-refractivity contribution in [1.29, 1.82) is 0 Å². The number of halogens is 3. The van der Waals surface area contributed by atoms with Gasteiger partial charge in [0.2, 0.25) is 5.91 Å². The van der Waals surface area contributed by atoms with Crippen molar-refractivity contribution in [3.8, 4) is 11.1 Å². The molecule has 4 aromatic carbocycles. The number of amides is 2. The van der Waals surface area contributed by atoms with Crippen LogP contribution in [-0.2, 0) is 20.9 Å². The lowest BCUT2D eigenvalue weighted by molar-refractivity contribution is -0.192. The minimum Gasteiger partial charge on any atom is -0.475 e. The number of aromatic amines is 1. The lowest BCUT2D eigenvalue weighted by Crippen LogP contribution is -2.35. The number of aryl methyl sites for hydroxylation is 1. The van der Waals surface area contributed by atoms with Gasteiger partial charge < -0.3 is 25.0 Å². The summed E-state index contributed by atoms with van der Waals surface area (Å²) in [5, 5.41) is 14.8. The highest BCUT2D eigenvalue weighted by Crippen LogP contribution is 2.31. The molecule has 10 nitrogen and oxygen atoms in total. The van der Waals surface area contributed by atoms with E-state index in [9.17, 15) is 27.6 Å². The van der Waals surface area contributed by atoms with Crippen molar-refractivity contribution in [1.82, 2.24) is 9.88 Å². The number of alkyl halides is 3. The summed E-state index contributed by atoms with van der Waals surface area (Å²) in [5.74, 6) is -2.96. The first-order valence-electron chi connectivity index (χ1n) is 15.9. The zero-order valence-electron chi connectivity index (χ0n) is 27.9. The average molecular weight is 701 g/mol. The maximum Gasteiger partial charge on any atom is 0.490 e. The first-order valence-corrected chi connectivity index (χ1v) is 15.9. The summed E-state index contributed by atoms with van der Waals surface area (Å²) >= 11 is 0. The zero-order valence-corrected chi connectivity index (χ0v) is 27.9. The number of anilines is 2. The highest BCUT2D eigenvalue weighted by Gasteiger charge is 2.38. The Balaban J connectivity index is 0.000000654. The largest absolute Gasteiger partial charge is 0.490 e. The van der Waals surface area contributed by atoms with Gasteiger partial charge in [0, 0.05) is 42.5 Å². The van der Waals surface area contributed by atoms with Gasteiger partial charge in [-0.1, -0.05) is 67.6 Å². The van der Waals surface area contributed by atoms with E-state index in [0.29, 0.717) is 16.8 Å². The highest BCUT2D eigenvalue weighted by atomic mass is 19.4. The van der Waals surface area contributed by atoms with E-state index in [-0.39, 0.29) is 30.5 Å². The van der Waals surface area contributed by atoms with Gasteiger partial charge in [-0.2, -0.15) is 13.2 Å². The molecule has 0 spiro atoms. The Morgan fingerprint density at radius 1 is 0.961 bits per heavy atom.